The van der Waals surface area contributed by atoms with E-state index in [-0.39, 0.29) is 5.91 Å². The summed E-state index contributed by atoms with van der Waals surface area (Å²) in [6.07, 6.45) is 1.72. The van der Waals surface area contributed by atoms with Crippen molar-refractivity contribution in [2.75, 3.05) is 13.7 Å². The lowest BCUT2D eigenvalue weighted by atomic mass is 10.1. The third-order valence-corrected chi connectivity index (χ3v) is 3.91. The molecular formula is C20H21N3O3. The van der Waals surface area contributed by atoms with E-state index in [9.17, 15) is 4.79 Å². The minimum atomic E-state index is -0.00864. The van der Waals surface area contributed by atoms with Crippen molar-refractivity contribution in [1.29, 1.82) is 0 Å². The van der Waals surface area contributed by atoms with Gasteiger partial charge in [-0.3, -0.25) is 4.79 Å². The summed E-state index contributed by atoms with van der Waals surface area (Å²) in [5, 5.41) is 6.89. The standard InChI is InChI=1S/C20H21N3O3/c1-25-17-11-9-15(10-12-17)14-18(24)21-13-5-8-19-22-20(23-26-19)16-6-3-2-4-7-16/h2-4,6-7,9-12H,5,8,13-14H2,1H3,(H,21,24). The number of nitrogens with zero attached hydrogens (tertiary/aromatic N) is 2. The van der Waals surface area contributed by atoms with Gasteiger partial charge in [0, 0.05) is 18.5 Å². The first-order valence-electron chi connectivity index (χ1n) is 8.52. The van der Waals surface area contributed by atoms with Crippen molar-refractivity contribution >= 4 is 5.91 Å². The molecule has 1 amide bonds. The van der Waals surface area contributed by atoms with E-state index in [4.69, 9.17) is 9.26 Å². The molecule has 0 saturated carbocycles. The topological polar surface area (TPSA) is 77.2 Å². The van der Waals surface area contributed by atoms with Gasteiger partial charge in [-0.05, 0) is 24.1 Å². The Kier molecular flexibility index (Phi) is 5.98. The van der Waals surface area contributed by atoms with E-state index in [0.29, 0.717) is 31.1 Å². The molecule has 3 aromatic rings. The minimum Gasteiger partial charge on any atom is -0.497 e. The minimum absolute atomic E-state index is 0.00864. The lowest BCUT2D eigenvalue weighted by molar-refractivity contribution is -0.120. The fourth-order valence-corrected chi connectivity index (χ4v) is 2.52. The molecule has 1 N–H and O–H groups in total. The summed E-state index contributed by atoms with van der Waals surface area (Å²) >= 11 is 0. The zero-order valence-electron chi connectivity index (χ0n) is 14.6. The lowest BCUT2D eigenvalue weighted by Crippen LogP contribution is -2.26. The van der Waals surface area contributed by atoms with Crippen LogP contribution in [0.4, 0.5) is 0 Å². The van der Waals surface area contributed by atoms with Gasteiger partial charge in [0.15, 0.2) is 0 Å². The van der Waals surface area contributed by atoms with E-state index in [1.165, 1.54) is 0 Å². The summed E-state index contributed by atoms with van der Waals surface area (Å²) in [7, 11) is 1.62. The monoisotopic (exact) mass is 351 g/mol. The second-order valence-corrected chi connectivity index (χ2v) is 5.86. The quantitative estimate of drug-likeness (QED) is 0.631. The number of nitrogens with one attached hydrogen (secondary N) is 1. The summed E-state index contributed by atoms with van der Waals surface area (Å²) in [6.45, 7) is 0.567. The number of aryl methyl sites for hydroxylation is 1. The first-order chi connectivity index (χ1) is 12.7. The molecule has 0 aliphatic carbocycles. The Bertz CT molecular complexity index is 829. The van der Waals surface area contributed by atoms with Crippen LogP contribution >= 0.6 is 0 Å². The third-order valence-electron chi connectivity index (χ3n) is 3.91. The molecule has 26 heavy (non-hydrogen) atoms. The van der Waals surface area contributed by atoms with Crippen LogP contribution < -0.4 is 10.1 Å². The number of aromatic nitrogens is 2. The van der Waals surface area contributed by atoms with Crippen LogP contribution in [0.15, 0.2) is 59.1 Å². The fourth-order valence-electron chi connectivity index (χ4n) is 2.52. The van der Waals surface area contributed by atoms with Crippen molar-refractivity contribution in [3.8, 4) is 17.1 Å². The summed E-state index contributed by atoms with van der Waals surface area (Å²) in [5.41, 5.74) is 1.88. The van der Waals surface area contributed by atoms with Crippen LogP contribution in [0.5, 0.6) is 5.75 Å². The molecule has 134 valence electrons. The third kappa shape index (κ3) is 4.92. The Labute approximate surface area is 152 Å². The molecule has 6 heteroatoms. The van der Waals surface area contributed by atoms with Gasteiger partial charge in [0.25, 0.3) is 0 Å². The number of carbonyl (C=O) groups is 1. The van der Waals surface area contributed by atoms with Crippen LogP contribution in [-0.4, -0.2) is 29.7 Å². The Morgan fingerprint density at radius 3 is 2.62 bits per heavy atom. The molecule has 0 aliphatic heterocycles. The van der Waals surface area contributed by atoms with Gasteiger partial charge in [-0.2, -0.15) is 4.98 Å². The second kappa shape index (κ2) is 8.80. The first-order valence-corrected chi connectivity index (χ1v) is 8.52. The molecule has 0 saturated heterocycles. The molecule has 0 fully saturated rings. The van der Waals surface area contributed by atoms with Gasteiger partial charge in [0.1, 0.15) is 5.75 Å². The molecule has 0 aliphatic rings. The Morgan fingerprint density at radius 2 is 1.88 bits per heavy atom. The molecule has 2 aromatic carbocycles. The Balaban J connectivity index is 1.40. The first kappa shape index (κ1) is 17.7. The van der Waals surface area contributed by atoms with Crippen molar-refractivity contribution in [2.24, 2.45) is 0 Å². The van der Waals surface area contributed by atoms with Crippen molar-refractivity contribution in [3.05, 3.63) is 66.1 Å². The normalized spacial score (nSPS) is 10.5. The zero-order valence-corrected chi connectivity index (χ0v) is 14.6. The number of ether oxygens (including phenoxy) is 1. The van der Waals surface area contributed by atoms with Gasteiger partial charge >= 0.3 is 0 Å². The van der Waals surface area contributed by atoms with Crippen molar-refractivity contribution in [3.63, 3.8) is 0 Å². The molecule has 6 nitrogen and oxygen atoms in total. The highest BCUT2D eigenvalue weighted by Gasteiger charge is 2.08. The van der Waals surface area contributed by atoms with Gasteiger partial charge in [0.2, 0.25) is 17.6 Å². The van der Waals surface area contributed by atoms with Gasteiger partial charge in [-0.15, -0.1) is 0 Å². The molecule has 0 unspecified atom stereocenters. The van der Waals surface area contributed by atoms with Crippen LogP contribution in [0.25, 0.3) is 11.4 Å². The van der Waals surface area contributed by atoms with Crippen LogP contribution in [0.3, 0.4) is 0 Å². The van der Waals surface area contributed by atoms with Crippen LogP contribution in [0.2, 0.25) is 0 Å². The molecule has 1 aromatic heterocycles. The maximum atomic E-state index is 12.0. The average Bonchev–Trinajstić information content (AvgIpc) is 3.15. The molecule has 0 bridgehead atoms. The number of hydrogen-bond acceptors (Lipinski definition) is 5. The van der Waals surface area contributed by atoms with Gasteiger partial charge in [-0.25, -0.2) is 0 Å². The van der Waals surface area contributed by atoms with Crippen LogP contribution in [0.1, 0.15) is 17.9 Å². The summed E-state index contributed by atoms with van der Waals surface area (Å²) in [5.74, 6) is 1.94. The highest BCUT2D eigenvalue weighted by atomic mass is 16.5. The predicted molar refractivity (Wildman–Crippen MR) is 97.8 cm³/mol. The van der Waals surface area contributed by atoms with Gasteiger partial charge < -0.3 is 14.6 Å². The van der Waals surface area contributed by atoms with Gasteiger partial charge in [-0.1, -0.05) is 47.6 Å². The second-order valence-electron chi connectivity index (χ2n) is 5.86. The van der Waals surface area contributed by atoms with Crippen molar-refractivity contribution in [2.45, 2.75) is 19.3 Å². The van der Waals surface area contributed by atoms with E-state index >= 15 is 0 Å². The molecular weight excluding hydrogens is 330 g/mol. The molecule has 3 rings (SSSR count). The number of amides is 1. The smallest absolute Gasteiger partial charge is 0.227 e. The van der Waals surface area contributed by atoms with E-state index in [0.717, 1.165) is 23.3 Å². The van der Waals surface area contributed by atoms with Crippen LogP contribution in [0, 0.1) is 0 Å². The van der Waals surface area contributed by atoms with E-state index in [1.54, 1.807) is 7.11 Å². The van der Waals surface area contributed by atoms with Crippen molar-refractivity contribution in [1.82, 2.24) is 15.5 Å². The number of hydrogen-bond donors (Lipinski definition) is 1. The molecule has 0 radical (unpaired) electrons. The van der Waals surface area contributed by atoms with E-state index in [1.807, 2.05) is 54.6 Å². The Hall–Kier alpha value is -3.15. The van der Waals surface area contributed by atoms with E-state index < -0.39 is 0 Å². The van der Waals surface area contributed by atoms with E-state index in [2.05, 4.69) is 15.5 Å². The molecule has 0 atom stereocenters. The van der Waals surface area contributed by atoms with Gasteiger partial charge in [0.05, 0.1) is 13.5 Å². The fraction of sp³-hybridized carbons (Fsp3) is 0.250. The SMILES string of the molecule is COc1ccc(CC(=O)NCCCc2nc(-c3ccccc3)no2)cc1. The van der Waals surface area contributed by atoms with Crippen molar-refractivity contribution < 1.29 is 14.1 Å². The maximum absolute atomic E-state index is 12.0. The summed E-state index contributed by atoms with van der Waals surface area (Å²) in [6, 6.07) is 17.2. The number of rotatable bonds is 8. The number of carbonyl (C=O) groups excluding carboxylic acids is 1. The number of methoxy groups -OCH3 is 1. The lowest BCUT2D eigenvalue weighted by Gasteiger charge is -2.05. The summed E-state index contributed by atoms with van der Waals surface area (Å²) < 4.78 is 10.4. The zero-order chi connectivity index (χ0) is 18.2. The Morgan fingerprint density at radius 1 is 1.12 bits per heavy atom. The molecule has 1 heterocycles. The highest BCUT2D eigenvalue weighted by Crippen LogP contribution is 2.15. The highest BCUT2D eigenvalue weighted by molar-refractivity contribution is 5.78. The average molecular weight is 351 g/mol. The predicted octanol–water partition coefficient (Wildman–Crippen LogP) is 3.04. The largest absolute Gasteiger partial charge is 0.497 e. The van der Waals surface area contributed by atoms with Crippen LogP contribution in [-0.2, 0) is 17.6 Å². The number of benzene rings is 2. The molecule has 0 spiro atoms. The summed E-state index contributed by atoms with van der Waals surface area (Å²) in [4.78, 5) is 16.4. The maximum Gasteiger partial charge on any atom is 0.227 e.